The number of nitrogens with two attached hydrogens (primary N) is 1. The van der Waals surface area contributed by atoms with Gasteiger partial charge in [0.05, 0.1) is 5.69 Å². The van der Waals surface area contributed by atoms with Crippen LogP contribution in [0.2, 0.25) is 0 Å². The van der Waals surface area contributed by atoms with Crippen LogP contribution >= 0.6 is 0 Å². The quantitative estimate of drug-likeness (QED) is 0.569. The van der Waals surface area contributed by atoms with Gasteiger partial charge in [0.25, 0.3) is 5.56 Å². The molecule has 0 bridgehead atoms. The van der Waals surface area contributed by atoms with Gasteiger partial charge < -0.3 is 5.84 Å². The molecule has 2 heterocycles. The topological polar surface area (TPSA) is 110 Å². The zero-order valence-corrected chi connectivity index (χ0v) is 8.49. The van der Waals surface area contributed by atoms with Crippen LogP contribution in [-0.2, 0) is 6.42 Å². The minimum absolute atomic E-state index is 0.212. The molecule has 2 aromatic heterocycles. The van der Waals surface area contributed by atoms with Crippen LogP contribution in [0.5, 0.6) is 0 Å². The minimum atomic E-state index is -0.651. The Balaban J connectivity index is 2.28. The lowest BCUT2D eigenvalue weighted by molar-refractivity contribution is 0.800. The van der Waals surface area contributed by atoms with Crippen molar-refractivity contribution in [2.75, 3.05) is 5.84 Å². The van der Waals surface area contributed by atoms with Crippen molar-refractivity contribution in [2.45, 2.75) is 19.3 Å². The van der Waals surface area contributed by atoms with Crippen LogP contribution in [0.15, 0.2) is 9.59 Å². The van der Waals surface area contributed by atoms with Gasteiger partial charge in [-0.3, -0.25) is 14.9 Å². The summed E-state index contributed by atoms with van der Waals surface area (Å²) in [5.41, 5.74) is -0.101. The molecule has 16 heavy (non-hydrogen) atoms. The van der Waals surface area contributed by atoms with Crippen molar-refractivity contribution in [1.29, 1.82) is 0 Å². The van der Waals surface area contributed by atoms with Crippen molar-refractivity contribution >= 4 is 11.0 Å². The third-order valence-corrected chi connectivity index (χ3v) is 2.91. The predicted octanol–water partition coefficient (Wildman–Crippen LogP) is -0.921. The second-order valence-electron chi connectivity index (χ2n) is 4.18. The maximum Gasteiger partial charge on any atom is 0.348 e. The molecule has 84 valence electrons. The van der Waals surface area contributed by atoms with Gasteiger partial charge in [-0.2, -0.15) is 9.77 Å². The normalized spacial score (nSPS) is 15.8. The largest absolute Gasteiger partial charge is 0.348 e. The van der Waals surface area contributed by atoms with E-state index in [4.69, 9.17) is 5.84 Å². The summed E-state index contributed by atoms with van der Waals surface area (Å²) in [6.45, 7) is 0. The molecule has 2 aromatic rings. The lowest BCUT2D eigenvalue weighted by Crippen LogP contribution is -2.35. The summed E-state index contributed by atoms with van der Waals surface area (Å²) in [5, 5.41) is 7.10. The van der Waals surface area contributed by atoms with Crippen LogP contribution in [0.1, 0.15) is 18.5 Å². The molecule has 1 aliphatic carbocycles. The Morgan fingerprint density at radius 1 is 1.44 bits per heavy atom. The molecule has 0 radical (unpaired) electrons. The van der Waals surface area contributed by atoms with Gasteiger partial charge in [0.1, 0.15) is 5.39 Å². The molecule has 0 aliphatic heterocycles. The van der Waals surface area contributed by atoms with E-state index in [-0.39, 0.29) is 5.65 Å². The van der Waals surface area contributed by atoms with E-state index in [1.165, 1.54) is 12.8 Å². The van der Waals surface area contributed by atoms with Crippen LogP contribution in [-0.4, -0.2) is 19.9 Å². The lowest BCUT2D eigenvalue weighted by atomic mass is 10.2. The molecule has 3 rings (SSSR count). The second kappa shape index (κ2) is 2.97. The fourth-order valence-electron chi connectivity index (χ4n) is 1.85. The molecule has 0 atom stereocenters. The Bertz CT molecular complexity index is 661. The van der Waals surface area contributed by atoms with Crippen LogP contribution < -0.4 is 17.1 Å². The van der Waals surface area contributed by atoms with Gasteiger partial charge in [0, 0.05) is 0 Å². The van der Waals surface area contributed by atoms with Crippen LogP contribution in [0.25, 0.3) is 11.0 Å². The Morgan fingerprint density at radius 2 is 2.19 bits per heavy atom. The molecule has 1 fully saturated rings. The summed E-state index contributed by atoms with van der Waals surface area (Å²) in [5.74, 6) is 6.12. The van der Waals surface area contributed by atoms with Gasteiger partial charge in [-0.15, -0.1) is 0 Å². The van der Waals surface area contributed by atoms with E-state index in [1.54, 1.807) is 0 Å². The van der Waals surface area contributed by atoms with Crippen molar-refractivity contribution in [2.24, 2.45) is 5.92 Å². The van der Waals surface area contributed by atoms with Gasteiger partial charge in [-0.1, -0.05) is 0 Å². The highest BCUT2D eigenvalue weighted by Crippen LogP contribution is 2.32. The fraction of sp³-hybridized carbons (Fsp3) is 0.444. The minimum Gasteiger partial charge on any atom is -0.333 e. The SMILES string of the molecule is Nn1c(=O)[nH]c(=O)c2c(CC3CC3)[nH]nc21. The molecular weight excluding hydrogens is 210 g/mol. The Labute approximate surface area is 89.2 Å². The monoisotopic (exact) mass is 221 g/mol. The van der Waals surface area contributed by atoms with E-state index < -0.39 is 11.2 Å². The van der Waals surface area contributed by atoms with E-state index in [0.29, 0.717) is 11.3 Å². The first-order valence-corrected chi connectivity index (χ1v) is 5.14. The first-order chi connectivity index (χ1) is 7.66. The molecular formula is C9H11N5O2. The molecule has 1 aliphatic rings. The van der Waals surface area contributed by atoms with Crippen molar-refractivity contribution in [3.8, 4) is 0 Å². The number of hydrogen-bond acceptors (Lipinski definition) is 4. The Hall–Kier alpha value is -2.05. The standard InChI is InChI=1S/C9H11N5O2/c10-14-7-6(8(15)11-9(14)16)5(12-13-7)3-4-1-2-4/h4H,1-3,10H2,(H,12,13)(H,11,15,16). The summed E-state index contributed by atoms with van der Waals surface area (Å²) in [6.07, 6.45) is 3.15. The maximum atomic E-state index is 11.7. The number of nitrogen functional groups attached to an aromatic ring is 1. The average Bonchev–Trinajstić information content (AvgIpc) is 2.93. The number of aromatic amines is 2. The number of nitrogens with zero attached hydrogens (tertiary/aromatic N) is 2. The van der Waals surface area contributed by atoms with Crippen molar-refractivity contribution in [1.82, 2.24) is 19.9 Å². The van der Waals surface area contributed by atoms with Crippen LogP contribution in [0, 0.1) is 5.92 Å². The molecule has 0 spiro atoms. The number of nitrogens with one attached hydrogen (secondary N) is 2. The smallest absolute Gasteiger partial charge is 0.333 e. The third kappa shape index (κ3) is 1.24. The second-order valence-corrected chi connectivity index (χ2v) is 4.18. The summed E-state index contributed by atoms with van der Waals surface area (Å²) in [7, 11) is 0. The van der Waals surface area contributed by atoms with Crippen molar-refractivity contribution in [3.63, 3.8) is 0 Å². The predicted molar refractivity (Wildman–Crippen MR) is 57.6 cm³/mol. The summed E-state index contributed by atoms with van der Waals surface area (Å²) in [4.78, 5) is 25.0. The van der Waals surface area contributed by atoms with E-state index in [2.05, 4.69) is 15.2 Å². The first-order valence-electron chi connectivity index (χ1n) is 5.14. The van der Waals surface area contributed by atoms with Gasteiger partial charge in [0.2, 0.25) is 0 Å². The van der Waals surface area contributed by atoms with E-state index in [1.807, 2.05) is 0 Å². The number of hydrogen-bond donors (Lipinski definition) is 3. The maximum absolute atomic E-state index is 11.7. The highest BCUT2D eigenvalue weighted by Gasteiger charge is 2.24. The number of aromatic nitrogens is 4. The van der Waals surface area contributed by atoms with Gasteiger partial charge in [-0.25, -0.2) is 4.79 Å². The van der Waals surface area contributed by atoms with Crippen molar-refractivity contribution < 1.29 is 0 Å². The Kier molecular flexibility index (Phi) is 1.71. The number of H-pyrrole nitrogens is 2. The van der Waals surface area contributed by atoms with Crippen LogP contribution in [0.4, 0.5) is 0 Å². The highest BCUT2D eigenvalue weighted by molar-refractivity contribution is 5.76. The van der Waals surface area contributed by atoms with Gasteiger partial charge in [0.15, 0.2) is 5.65 Å². The van der Waals surface area contributed by atoms with E-state index >= 15 is 0 Å². The van der Waals surface area contributed by atoms with Gasteiger partial charge in [-0.05, 0) is 25.2 Å². The third-order valence-electron chi connectivity index (χ3n) is 2.91. The van der Waals surface area contributed by atoms with Crippen molar-refractivity contribution in [3.05, 3.63) is 26.5 Å². The molecule has 4 N–H and O–H groups in total. The molecule has 0 amide bonds. The highest BCUT2D eigenvalue weighted by atomic mass is 16.2. The number of rotatable bonds is 2. The molecule has 0 aromatic carbocycles. The molecule has 1 saturated carbocycles. The number of fused-ring (bicyclic) bond motifs is 1. The summed E-state index contributed by atoms with van der Waals surface area (Å²) < 4.78 is 0.851. The van der Waals surface area contributed by atoms with E-state index in [0.717, 1.165) is 16.8 Å². The zero-order chi connectivity index (χ0) is 11.3. The molecule has 0 saturated heterocycles. The summed E-state index contributed by atoms with van der Waals surface area (Å²) >= 11 is 0. The lowest BCUT2D eigenvalue weighted by Gasteiger charge is -1.97. The molecule has 7 heteroatoms. The van der Waals surface area contributed by atoms with Crippen LogP contribution in [0.3, 0.4) is 0 Å². The zero-order valence-electron chi connectivity index (χ0n) is 8.49. The summed E-state index contributed by atoms with van der Waals surface area (Å²) in [6, 6.07) is 0. The Morgan fingerprint density at radius 3 is 2.88 bits per heavy atom. The molecule has 0 unspecified atom stereocenters. The molecule has 7 nitrogen and oxygen atoms in total. The van der Waals surface area contributed by atoms with E-state index in [9.17, 15) is 9.59 Å². The fourth-order valence-corrected chi connectivity index (χ4v) is 1.85. The average molecular weight is 221 g/mol. The first kappa shape index (κ1) is 9.20. The van der Waals surface area contributed by atoms with Gasteiger partial charge >= 0.3 is 5.69 Å².